The highest BCUT2D eigenvalue weighted by molar-refractivity contribution is 8.00. The maximum absolute atomic E-state index is 12.6. The Balaban J connectivity index is 1.33. The van der Waals surface area contributed by atoms with Crippen LogP contribution < -0.4 is 10.6 Å². The number of anilines is 2. The number of aromatic nitrogens is 2. The van der Waals surface area contributed by atoms with E-state index in [1.807, 2.05) is 11.3 Å². The summed E-state index contributed by atoms with van der Waals surface area (Å²) in [6.45, 7) is 3.79. The van der Waals surface area contributed by atoms with Gasteiger partial charge in [0.05, 0.1) is 5.75 Å². The Kier molecular flexibility index (Phi) is 5.90. The second-order valence-electron chi connectivity index (χ2n) is 8.79. The zero-order valence-corrected chi connectivity index (χ0v) is 19.9. The van der Waals surface area contributed by atoms with Gasteiger partial charge in [-0.3, -0.25) is 9.59 Å². The van der Waals surface area contributed by atoms with Crippen LogP contribution in [0.15, 0.2) is 29.3 Å². The fraction of sp³-hybridized carbons (Fsp3) is 0.417. The summed E-state index contributed by atoms with van der Waals surface area (Å²) in [6.07, 6.45) is 5.71. The molecule has 0 saturated heterocycles. The van der Waals surface area contributed by atoms with Crippen molar-refractivity contribution in [1.29, 1.82) is 0 Å². The molecule has 2 N–H and O–H groups in total. The van der Waals surface area contributed by atoms with E-state index in [4.69, 9.17) is 9.97 Å². The van der Waals surface area contributed by atoms with Gasteiger partial charge in [0.25, 0.3) is 0 Å². The molecule has 0 bridgehead atoms. The number of hydrogen-bond acceptors (Lipinski definition) is 6. The van der Waals surface area contributed by atoms with Crippen molar-refractivity contribution in [2.75, 3.05) is 16.4 Å². The van der Waals surface area contributed by atoms with Gasteiger partial charge in [0, 0.05) is 34.5 Å². The van der Waals surface area contributed by atoms with Gasteiger partial charge in [-0.25, -0.2) is 9.97 Å². The fourth-order valence-electron chi connectivity index (χ4n) is 4.12. The SMILES string of the molecule is CC(=O)Nc1ccc(NC(=O)CSc2nc(C3CC3)nc3sc4c(c23)CC[C@H](C)C4)cc1. The summed E-state index contributed by atoms with van der Waals surface area (Å²) in [5.41, 5.74) is 2.82. The summed E-state index contributed by atoms with van der Waals surface area (Å²) < 4.78 is 0. The number of thioether (sulfide) groups is 1. The molecule has 6 nitrogen and oxygen atoms in total. The Morgan fingerprint density at radius 3 is 2.50 bits per heavy atom. The van der Waals surface area contributed by atoms with Crippen molar-refractivity contribution in [3.8, 4) is 0 Å². The number of carbonyl (C=O) groups excluding carboxylic acids is 2. The lowest BCUT2D eigenvalue weighted by molar-refractivity contribution is -0.114. The van der Waals surface area contributed by atoms with Gasteiger partial charge in [0.2, 0.25) is 11.8 Å². The van der Waals surface area contributed by atoms with Gasteiger partial charge in [-0.1, -0.05) is 18.7 Å². The van der Waals surface area contributed by atoms with Crippen LogP contribution in [0.2, 0.25) is 0 Å². The van der Waals surface area contributed by atoms with Gasteiger partial charge in [-0.15, -0.1) is 11.3 Å². The van der Waals surface area contributed by atoms with E-state index in [1.54, 1.807) is 24.3 Å². The van der Waals surface area contributed by atoms with Crippen LogP contribution in [0.25, 0.3) is 10.2 Å². The molecule has 0 aliphatic heterocycles. The highest BCUT2D eigenvalue weighted by atomic mass is 32.2. The zero-order valence-electron chi connectivity index (χ0n) is 18.2. The largest absolute Gasteiger partial charge is 0.326 e. The maximum Gasteiger partial charge on any atom is 0.234 e. The number of benzene rings is 1. The summed E-state index contributed by atoms with van der Waals surface area (Å²) in [5, 5.41) is 7.80. The van der Waals surface area contributed by atoms with Crippen molar-refractivity contribution < 1.29 is 9.59 Å². The molecule has 2 amide bonds. The summed E-state index contributed by atoms with van der Waals surface area (Å²) in [5.74, 6) is 2.24. The van der Waals surface area contributed by atoms with Crippen molar-refractivity contribution >= 4 is 56.5 Å². The minimum absolute atomic E-state index is 0.0697. The number of nitrogens with zero attached hydrogens (tertiary/aromatic N) is 2. The molecule has 5 rings (SSSR count). The molecule has 1 saturated carbocycles. The summed E-state index contributed by atoms with van der Waals surface area (Å²) in [6, 6.07) is 7.13. The average molecular weight is 467 g/mol. The highest BCUT2D eigenvalue weighted by Gasteiger charge is 2.30. The smallest absolute Gasteiger partial charge is 0.234 e. The molecule has 0 spiro atoms. The van der Waals surface area contributed by atoms with Crippen LogP contribution in [-0.2, 0) is 22.4 Å². The van der Waals surface area contributed by atoms with E-state index in [1.165, 1.54) is 40.9 Å². The van der Waals surface area contributed by atoms with Gasteiger partial charge in [-0.05, 0) is 67.9 Å². The number of aryl methyl sites for hydroxylation is 1. The standard InChI is InChI=1S/C24H26N4O2S2/c1-13-3-10-18-19(11-13)32-24-21(18)23(27-22(28-24)15-4-5-15)31-12-20(30)26-17-8-6-16(7-9-17)25-14(2)29/h6-9,13,15H,3-5,10-12H2,1-2H3,(H,25,29)(H,26,30)/t13-/m0/s1. The van der Waals surface area contributed by atoms with E-state index in [0.717, 1.165) is 41.4 Å². The number of thiophene rings is 1. The van der Waals surface area contributed by atoms with Crippen LogP contribution in [0, 0.1) is 5.92 Å². The van der Waals surface area contributed by atoms with Crippen LogP contribution >= 0.6 is 23.1 Å². The normalized spacial score (nSPS) is 17.8. The average Bonchev–Trinajstić information content (AvgIpc) is 3.54. The van der Waals surface area contributed by atoms with Crippen LogP contribution in [0.1, 0.15) is 55.3 Å². The topological polar surface area (TPSA) is 84.0 Å². The number of fused-ring (bicyclic) bond motifs is 3. The van der Waals surface area contributed by atoms with Gasteiger partial charge >= 0.3 is 0 Å². The molecule has 2 heterocycles. The minimum Gasteiger partial charge on any atom is -0.326 e. The first-order chi connectivity index (χ1) is 15.5. The molecule has 1 fully saturated rings. The Bertz CT molecular complexity index is 1180. The molecule has 1 atom stereocenters. The van der Waals surface area contributed by atoms with Crippen molar-refractivity contribution in [2.24, 2.45) is 5.92 Å². The third kappa shape index (κ3) is 4.66. The number of rotatable bonds is 6. The third-order valence-electron chi connectivity index (χ3n) is 5.91. The molecule has 1 aromatic carbocycles. The van der Waals surface area contributed by atoms with E-state index < -0.39 is 0 Å². The Hall–Kier alpha value is -2.45. The molecule has 32 heavy (non-hydrogen) atoms. The molecular weight excluding hydrogens is 440 g/mol. The van der Waals surface area contributed by atoms with Crippen molar-refractivity contribution in [3.05, 3.63) is 40.5 Å². The first kappa shape index (κ1) is 21.4. The quantitative estimate of drug-likeness (QED) is 0.376. The Morgan fingerprint density at radius 1 is 1.09 bits per heavy atom. The van der Waals surface area contributed by atoms with Crippen LogP contribution in [0.5, 0.6) is 0 Å². The van der Waals surface area contributed by atoms with Gasteiger partial charge in [0.1, 0.15) is 15.7 Å². The molecule has 2 aromatic heterocycles. The molecule has 3 aromatic rings. The molecule has 166 valence electrons. The predicted molar refractivity (Wildman–Crippen MR) is 131 cm³/mol. The first-order valence-electron chi connectivity index (χ1n) is 11.1. The van der Waals surface area contributed by atoms with Crippen LogP contribution in [0.4, 0.5) is 11.4 Å². The molecule has 0 radical (unpaired) electrons. The summed E-state index contributed by atoms with van der Waals surface area (Å²) in [4.78, 5) is 36.2. The Morgan fingerprint density at radius 2 is 1.81 bits per heavy atom. The van der Waals surface area contributed by atoms with Crippen LogP contribution in [-0.4, -0.2) is 27.5 Å². The maximum atomic E-state index is 12.6. The van der Waals surface area contributed by atoms with Crippen LogP contribution in [0.3, 0.4) is 0 Å². The lowest BCUT2D eigenvalue weighted by atomic mass is 9.89. The first-order valence-corrected chi connectivity index (χ1v) is 12.9. The molecule has 2 aliphatic rings. The molecule has 8 heteroatoms. The monoisotopic (exact) mass is 466 g/mol. The van der Waals surface area contributed by atoms with E-state index in [9.17, 15) is 9.59 Å². The number of nitrogens with one attached hydrogen (secondary N) is 2. The number of hydrogen-bond donors (Lipinski definition) is 2. The molecule has 2 aliphatic carbocycles. The number of amides is 2. The Labute approximate surface area is 195 Å². The van der Waals surface area contributed by atoms with Crippen molar-refractivity contribution in [2.45, 2.75) is 56.9 Å². The third-order valence-corrected chi connectivity index (χ3v) is 8.03. The second-order valence-corrected chi connectivity index (χ2v) is 10.8. The van der Waals surface area contributed by atoms with E-state index >= 15 is 0 Å². The van der Waals surface area contributed by atoms with Gasteiger partial charge in [-0.2, -0.15) is 0 Å². The number of carbonyl (C=O) groups is 2. The summed E-state index contributed by atoms with van der Waals surface area (Å²) >= 11 is 3.34. The molecular formula is C24H26N4O2S2. The van der Waals surface area contributed by atoms with Gasteiger partial charge < -0.3 is 10.6 Å². The van der Waals surface area contributed by atoms with Crippen molar-refractivity contribution in [1.82, 2.24) is 9.97 Å². The molecule has 0 unspecified atom stereocenters. The minimum atomic E-state index is -0.120. The fourth-order valence-corrected chi connectivity index (χ4v) is 6.44. The lowest BCUT2D eigenvalue weighted by Gasteiger charge is -2.18. The zero-order chi connectivity index (χ0) is 22.2. The van der Waals surface area contributed by atoms with Crippen molar-refractivity contribution in [3.63, 3.8) is 0 Å². The highest BCUT2D eigenvalue weighted by Crippen LogP contribution is 2.44. The predicted octanol–water partition coefficient (Wildman–Crippen LogP) is 5.38. The van der Waals surface area contributed by atoms with E-state index in [-0.39, 0.29) is 11.8 Å². The van der Waals surface area contributed by atoms with E-state index in [0.29, 0.717) is 29.0 Å². The van der Waals surface area contributed by atoms with Gasteiger partial charge in [0.15, 0.2) is 0 Å². The summed E-state index contributed by atoms with van der Waals surface area (Å²) in [7, 11) is 0. The lowest BCUT2D eigenvalue weighted by Crippen LogP contribution is -2.14. The van der Waals surface area contributed by atoms with E-state index in [2.05, 4.69) is 17.6 Å². The second kappa shape index (κ2) is 8.83.